The summed E-state index contributed by atoms with van der Waals surface area (Å²) in [6.45, 7) is 9.09. The molecule has 74 valence electrons. The molecule has 0 N–H and O–H groups in total. The van der Waals surface area contributed by atoms with Crippen LogP contribution in [0.25, 0.3) is 5.20 Å². The standard InChI is InChI=1S/C13H18Si/c1-5-9-13(14(2,3)4)12-10-7-6-8-11-12/h5-8,10-11H,1-4H3. The zero-order valence-corrected chi connectivity index (χ0v) is 10.5. The van der Waals surface area contributed by atoms with Crippen LogP contribution in [0.15, 0.2) is 42.1 Å². The second-order valence-electron chi connectivity index (χ2n) is 4.42. The predicted molar refractivity (Wildman–Crippen MR) is 67.0 cm³/mol. The maximum Gasteiger partial charge on any atom is 0.0883 e. The van der Waals surface area contributed by atoms with Crippen molar-refractivity contribution in [3.05, 3.63) is 47.7 Å². The Morgan fingerprint density at radius 3 is 2.14 bits per heavy atom. The molecule has 0 atom stereocenters. The van der Waals surface area contributed by atoms with Crippen molar-refractivity contribution < 1.29 is 0 Å². The summed E-state index contributed by atoms with van der Waals surface area (Å²) in [5, 5.41) is 1.40. The van der Waals surface area contributed by atoms with Gasteiger partial charge in [0.2, 0.25) is 0 Å². The highest BCUT2D eigenvalue weighted by Crippen LogP contribution is 2.24. The van der Waals surface area contributed by atoms with E-state index >= 15 is 0 Å². The number of hydrogen-bond donors (Lipinski definition) is 0. The van der Waals surface area contributed by atoms with Crippen LogP contribution in [0.4, 0.5) is 0 Å². The largest absolute Gasteiger partial charge is 0.126 e. The summed E-state index contributed by atoms with van der Waals surface area (Å²) in [5.41, 5.74) is 4.72. The third-order valence-corrected chi connectivity index (χ3v) is 4.03. The molecule has 0 fully saturated rings. The molecule has 1 rings (SSSR count). The van der Waals surface area contributed by atoms with E-state index in [-0.39, 0.29) is 0 Å². The molecule has 0 bridgehead atoms. The van der Waals surface area contributed by atoms with Crippen LogP contribution >= 0.6 is 0 Å². The maximum atomic E-state index is 3.39. The fraction of sp³-hybridized carbons (Fsp3) is 0.308. The zero-order valence-electron chi connectivity index (χ0n) is 9.46. The molecule has 0 saturated carbocycles. The Balaban J connectivity index is 3.23. The lowest BCUT2D eigenvalue weighted by Crippen LogP contribution is -2.22. The van der Waals surface area contributed by atoms with Gasteiger partial charge in [-0.05, 0) is 23.8 Å². The van der Waals surface area contributed by atoms with Crippen LogP contribution in [0.5, 0.6) is 0 Å². The smallest absolute Gasteiger partial charge is 0.0883 e. The molecule has 0 amide bonds. The Bertz CT molecular complexity index is 349. The molecule has 0 saturated heterocycles. The van der Waals surface area contributed by atoms with Gasteiger partial charge in [0.15, 0.2) is 0 Å². The van der Waals surface area contributed by atoms with Gasteiger partial charge in [0, 0.05) is 0 Å². The van der Waals surface area contributed by atoms with Crippen molar-refractivity contribution in [2.75, 3.05) is 0 Å². The highest BCUT2D eigenvalue weighted by Gasteiger charge is 2.20. The van der Waals surface area contributed by atoms with Crippen molar-refractivity contribution in [3.8, 4) is 0 Å². The van der Waals surface area contributed by atoms with Crippen molar-refractivity contribution in [1.82, 2.24) is 0 Å². The third kappa shape index (κ3) is 2.73. The Kier molecular flexibility index (Phi) is 3.51. The van der Waals surface area contributed by atoms with Gasteiger partial charge in [0.1, 0.15) is 0 Å². The van der Waals surface area contributed by atoms with Crippen LogP contribution in [0.1, 0.15) is 12.5 Å². The molecule has 0 aromatic heterocycles. The van der Waals surface area contributed by atoms with Crippen LogP contribution < -0.4 is 0 Å². The molecule has 1 heteroatoms. The number of benzene rings is 1. The zero-order chi connectivity index (χ0) is 10.6. The SMILES string of the molecule is CC=C=C(c1ccccc1)[Si](C)(C)C. The van der Waals surface area contributed by atoms with Crippen LogP contribution in [-0.2, 0) is 0 Å². The molecule has 0 nitrogen and oxygen atoms in total. The van der Waals surface area contributed by atoms with Gasteiger partial charge in [-0.1, -0.05) is 50.0 Å². The highest BCUT2D eigenvalue weighted by molar-refractivity contribution is 6.93. The average molecular weight is 202 g/mol. The van der Waals surface area contributed by atoms with Crippen molar-refractivity contribution in [2.24, 2.45) is 0 Å². The lowest BCUT2D eigenvalue weighted by atomic mass is 10.2. The molecule has 1 aromatic rings. The summed E-state index contributed by atoms with van der Waals surface area (Å²) >= 11 is 0. The Labute approximate surface area is 88.0 Å². The number of rotatable bonds is 2. The van der Waals surface area contributed by atoms with Gasteiger partial charge in [-0.25, -0.2) is 0 Å². The first-order valence-electron chi connectivity index (χ1n) is 5.03. The highest BCUT2D eigenvalue weighted by atomic mass is 28.3. The molecule has 1 aromatic carbocycles. The Morgan fingerprint density at radius 1 is 1.14 bits per heavy atom. The van der Waals surface area contributed by atoms with E-state index in [9.17, 15) is 0 Å². The number of allylic oxidation sites excluding steroid dienone is 1. The van der Waals surface area contributed by atoms with E-state index in [1.807, 2.05) is 13.0 Å². The summed E-state index contributed by atoms with van der Waals surface area (Å²) in [4.78, 5) is 0. The average Bonchev–Trinajstić information content (AvgIpc) is 2.14. The molecule has 0 unspecified atom stereocenters. The minimum Gasteiger partial charge on any atom is -0.126 e. The molecule has 0 spiro atoms. The van der Waals surface area contributed by atoms with E-state index < -0.39 is 8.07 Å². The summed E-state index contributed by atoms with van der Waals surface area (Å²) < 4.78 is 0. The summed E-state index contributed by atoms with van der Waals surface area (Å²) in [7, 11) is -1.27. The van der Waals surface area contributed by atoms with Gasteiger partial charge in [0.05, 0.1) is 8.07 Å². The lowest BCUT2D eigenvalue weighted by Gasteiger charge is -2.18. The first-order valence-corrected chi connectivity index (χ1v) is 8.53. The van der Waals surface area contributed by atoms with E-state index in [0.29, 0.717) is 0 Å². The fourth-order valence-electron chi connectivity index (χ4n) is 1.48. The van der Waals surface area contributed by atoms with Crippen molar-refractivity contribution in [3.63, 3.8) is 0 Å². The van der Waals surface area contributed by atoms with Gasteiger partial charge in [0.25, 0.3) is 0 Å². The van der Waals surface area contributed by atoms with Crippen LogP contribution in [0.3, 0.4) is 0 Å². The predicted octanol–water partition coefficient (Wildman–Crippen LogP) is 4.12. The van der Waals surface area contributed by atoms with Gasteiger partial charge >= 0.3 is 0 Å². The van der Waals surface area contributed by atoms with E-state index in [0.717, 1.165) is 0 Å². The Morgan fingerprint density at radius 2 is 1.71 bits per heavy atom. The summed E-state index contributed by atoms with van der Waals surface area (Å²) in [6.07, 6.45) is 2.01. The minimum atomic E-state index is -1.27. The summed E-state index contributed by atoms with van der Waals surface area (Å²) in [5.74, 6) is 0. The number of hydrogen-bond acceptors (Lipinski definition) is 0. The minimum absolute atomic E-state index is 1.27. The quantitative estimate of drug-likeness (QED) is 0.500. The van der Waals surface area contributed by atoms with E-state index in [1.54, 1.807) is 0 Å². The third-order valence-electron chi connectivity index (χ3n) is 2.10. The van der Waals surface area contributed by atoms with Crippen molar-refractivity contribution in [2.45, 2.75) is 26.6 Å². The molecular weight excluding hydrogens is 184 g/mol. The normalized spacial score (nSPS) is 10.6. The molecule has 0 aliphatic heterocycles. The second-order valence-corrected chi connectivity index (χ2v) is 9.42. The van der Waals surface area contributed by atoms with Crippen LogP contribution in [0.2, 0.25) is 19.6 Å². The van der Waals surface area contributed by atoms with Crippen LogP contribution in [-0.4, -0.2) is 8.07 Å². The van der Waals surface area contributed by atoms with Gasteiger partial charge < -0.3 is 0 Å². The lowest BCUT2D eigenvalue weighted by molar-refractivity contribution is 1.61. The topological polar surface area (TPSA) is 0 Å². The van der Waals surface area contributed by atoms with E-state index in [1.165, 1.54) is 10.8 Å². The molecule has 0 aliphatic carbocycles. The van der Waals surface area contributed by atoms with Gasteiger partial charge in [-0.2, -0.15) is 0 Å². The monoisotopic (exact) mass is 202 g/mol. The van der Waals surface area contributed by atoms with E-state index in [4.69, 9.17) is 0 Å². The van der Waals surface area contributed by atoms with Crippen LogP contribution in [0, 0.1) is 0 Å². The van der Waals surface area contributed by atoms with E-state index in [2.05, 4.69) is 55.7 Å². The molecule has 0 aliphatic rings. The Hall–Kier alpha value is -1.04. The maximum absolute atomic E-state index is 3.39. The first-order chi connectivity index (χ1) is 6.55. The summed E-state index contributed by atoms with van der Waals surface area (Å²) in [6, 6.07) is 10.6. The molecule has 14 heavy (non-hydrogen) atoms. The van der Waals surface area contributed by atoms with Gasteiger partial charge in [-0.15, -0.1) is 5.73 Å². The molecule has 0 radical (unpaired) electrons. The fourth-order valence-corrected chi connectivity index (χ4v) is 3.09. The van der Waals surface area contributed by atoms with Gasteiger partial charge in [-0.3, -0.25) is 0 Å². The first kappa shape index (κ1) is 11.0. The second kappa shape index (κ2) is 4.45. The molecular formula is C13H18Si. The van der Waals surface area contributed by atoms with Crippen molar-refractivity contribution in [1.29, 1.82) is 0 Å². The van der Waals surface area contributed by atoms with Crippen molar-refractivity contribution >= 4 is 13.3 Å². The molecule has 0 heterocycles.